The lowest BCUT2D eigenvalue weighted by Gasteiger charge is -2.37. The van der Waals surface area contributed by atoms with Crippen LogP contribution in [0.2, 0.25) is 0 Å². The SMILES string of the molecule is CCOP(=O)(OCC)C(CC(C)C)N(CC(=O)NC(C)(C)C)Cc1ccccc1. The monoisotopic (exact) mass is 426 g/mol. The van der Waals surface area contributed by atoms with E-state index in [0.29, 0.717) is 26.2 Å². The second-order valence-corrected chi connectivity index (χ2v) is 10.9. The van der Waals surface area contributed by atoms with E-state index in [0.717, 1.165) is 5.56 Å². The van der Waals surface area contributed by atoms with Gasteiger partial charge in [0.15, 0.2) is 0 Å². The molecule has 1 rings (SSSR count). The van der Waals surface area contributed by atoms with E-state index in [1.807, 2.05) is 69.9 Å². The van der Waals surface area contributed by atoms with Crippen LogP contribution in [0.15, 0.2) is 30.3 Å². The highest BCUT2D eigenvalue weighted by Gasteiger charge is 2.41. The molecule has 0 spiro atoms. The zero-order valence-corrected chi connectivity index (χ0v) is 20.0. The van der Waals surface area contributed by atoms with Crippen LogP contribution in [0.1, 0.15) is 60.5 Å². The summed E-state index contributed by atoms with van der Waals surface area (Å²) in [4.78, 5) is 14.7. The average Bonchev–Trinajstić information content (AvgIpc) is 2.58. The maximum absolute atomic E-state index is 13.7. The van der Waals surface area contributed by atoms with E-state index in [4.69, 9.17) is 9.05 Å². The molecule has 7 heteroatoms. The first-order valence-corrected chi connectivity index (χ1v) is 12.1. The summed E-state index contributed by atoms with van der Waals surface area (Å²) in [7, 11) is -3.44. The second-order valence-electron chi connectivity index (χ2n) is 8.67. The zero-order chi connectivity index (χ0) is 22.1. The molecular formula is C22H39N2O4P. The van der Waals surface area contributed by atoms with Crippen molar-refractivity contribution in [3.63, 3.8) is 0 Å². The molecule has 166 valence electrons. The number of nitrogens with zero attached hydrogens (tertiary/aromatic N) is 1. The lowest BCUT2D eigenvalue weighted by Crippen LogP contribution is -2.48. The summed E-state index contributed by atoms with van der Waals surface area (Å²) in [5.41, 5.74) is 0.705. The lowest BCUT2D eigenvalue weighted by atomic mass is 10.1. The van der Waals surface area contributed by atoms with Crippen LogP contribution in [-0.4, -0.2) is 41.9 Å². The van der Waals surface area contributed by atoms with Gasteiger partial charge in [-0.2, -0.15) is 0 Å². The Balaban J connectivity index is 3.29. The van der Waals surface area contributed by atoms with Gasteiger partial charge in [-0.1, -0.05) is 44.2 Å². The molecule has 29 heavy (non-hydrogen) atoms. The number of carbonyl (C=O) groups excluding carboxylic acids is 1. The maximum Gasteiger partial charge on any atom is 0.347 e. The molecule has 0 fully saturated rings. The quantitative estimate of drug-likeness (QED) is 0.474. The van der Waals surface area contributed by atoms with E-state index < -0.39 is 13.4 Å². The van der Waals surface area contributed by atoms with Crippen molar-refractivity contribution in [2.75, 3.05) is 19.8 Å². The summed E-state index contributed by atoms with van der Waals surface area (Å²) >= 11 is 0. The third-order valence-electron chi connectivity index (χ3n) is 4.18. The minimum Gasteiger partial charge on any atom is -0.350 e. The Hall–Kier alpha value is -1.20. The van der Waals surface area contributed by atoms with Crippen molar-refractivity contribution < 1.29 is 18.4 Å². The molecular weight excluding hydrogens is 387 g/mol. The highest BCUT2D eigenvalue weighted by Crippen LogP contribution is 2.56. The van der Waals surface area contributed by atoms with Crippen LogP contribution >= 0.6 is 7.60 Å². The van der Waals surface area contributed by atoms with Crippen LogP contribution in [0, 0.1) is 5.92 Å². The molecule has 1 aromatic rings. The van der Waals surface area contributed by atoms with Gasteiger partial charge in [-0.25, -0.2) is 0 Å². The van der Waals surface area contributed by atoms with Crippen LogP contribution in [0.4, 0.5) is 0 Å². The Morgan fingerprint density at radius 2 is 1.66 bits per heavy atom. The number of hydrogen-bond donors (Lipinski definition) is 1. The molecule has 0 aliphatic carbocycles. The smallest absolute Gasteiger partial charge is 0.347 e. The van der Waals surface area contributed by atoms with E-state index in [1.54, 1.807) is 0 Å². The minimum absolute atomic E-state index is 0.110. The number of carbonyl (C=O) groups is 1. The first-order chi connectivity index (χ1) is 13.5. The predicted octanol–water partition coefficient (Wildman–Crippen LogP) is 5.04. The molecule has 6 nitrogen and oxygen atoms in total. The number of benzene rings is 1. The topological polar surface area (TPSA) is 67.9 Å². The molecule has 0 aliphatic heterocycles. The first-order valence-electron chi connectivity index (χ1n) is 10.5. The fourth-order valence-corrected chi connectivity index (χ4v) is 5.58. The Bertz CT molecular complexity index is 649. The van der Waals surface area contributed by atoms with Crippen LogP contribution < -0.4 is 5.32 Å². The molecule has 1 N–H and O–H groups in total. The third-order valence-corrected chi connectivity index (χ3v) is 6.68. The normalized spacial score (nSPS) is 13.7. The summed E-state index contributed by atoms with van der Waals surface area (Å²) < 4.78 is 25.1. The van der Waals surface area contributed by atoms with Gasteiger partial charge in [0.05, 0.1) is 19.8 Å². The van der Waals surface area contributed by atoms with E-state index in [9.17, 15) is 9.36 Å². The highest BCUT2D eigenvalue weighted by molar-refractivity contribution is 7.54. The van der Waals surface area contributed by atoms with Crippen molar-refractivity contribution in [1.82, 2.24) is 10.2 Å². The van der Waals surface area contributed by atoms with E-state index >= 15 is 0 Å². The number of nitrogens with one attached hydrogen (secondary N) is 1. The maximum atomic E-state index is 13.7. The fourth-order valence-electron chi connectivity index (χ4n) is 3.20. The molecule has 0 bridgehead atoms. The van der Waals surface area contributed by atoms with Crippen molar-refractivity contribution in [3.8, 4) is 0 Å². The number of hydrogen-bond acceptors (Lipinski definition) is 5. The largest absolute Gasteiger partial charge is 0.350 e. The summed E-state index contributed by atoms with van der Waals surface area (Å²) in [6.07, 6.45) is 0.604. The van der Waals surface area contributed by atoms with Crippen molar-refractivity contribution >= 4 is 13.5 Å². The van der Waals surface area contributed by atoms with Gasteiger partial charge >= 0.3 is 7.60 Å². The molecule has 1 unspecified atom stereocenters. The van der Waals surface area contributed by atoms with E-state index in [1.165, 1.54) is 0 Å². The van der Waals surface area contributed by atoms with Gasteiger partial charge in [-0.3, -0.25) is 14.3 Å². The van der Waals surface area contributed by atoms with Crippen molar-refractivity contribution in [2.45, 2.75) is 72.8 Å². The Labute approximate surface area is 176 Å². The Kier molecular flexibility index (Phi) is 10.6. The summed E-state index contributed by atoms with van der Waals surface area (Å²) in [6, 6.07) is 9.90. The third kappa shape index (κ3) is 9.43. The zero-order valence-electron chi connectivity index (χ0n) is 19.1. The first kappa shape index (κ1) is 25.8. The van der Waals surface area contributed by atoms with Gasteiger partial charge < -0.3 is 14.4 Å². The van der Waals surface area contributed by atoms with Crippen LogP contribution in [-0.2, 0) is 25.0 Å². The summed E-state index contributed by atoms with van der Waals surface area (Å²) in [5, 5.41) is 3.01. The molecule has 0 radical (unpaired) electrons. The average molecular weight is 427 g/mol. The molecule has 0 saturated carbocycles. The molecule has 1 amide bonds. The minimum atomic E-state index is -3.44. The van der Waals surface area contributed by atoms with Crippen molar-refractivity contribution in [1.29, 1.82) is 0 Å². The van der Waals surface area contributed by atoms with Crippen molar-refractivity contribution in [3.05, 3.63) is 35.9 Å². The standard InChI is InChI=1S/C22H39N2O4P/c1-8-27-29(26,28-9-2)21(15-18(3)4)24(16-19-13-11-10-12-14-19)17-20(25)23-22(5,6)7/h10-14,18,21H,8-9,15-17H2,1-7H3,(H,23,25). The molecule has 0 saturated heterocycles. The van der Waals surface area contributed by atoms with Gasteiger partial charge in [0, 0.05) is 12.1 Å². The van der Waals surface area contributed by atoms with Gasteiger partial charge in [-0.05, 0) is 52.5 Å². The van der Waals surface area contributed by atoms with Gasteiger partial charge in [-0.15, -0.1) is 0 Å². The molecule has 1 aromatic carbocycles. The van der Waals surface area contributed by atoms with Gasteiger partial charge in [0.1, 0.15) is 5.78 Å². The lowest BCUT2D eigenvalue weighted by molar-refractivity contribution is -0.124. The summed E-state index contributed by atoms with van der Waals surface area (Å²) in [5.74, 6) is -0.353. The van der Waals surface area contributed by atoms with E-state index in [2.05, 4.69) is 19.2 Å². The molecule has 0 aliphatic rings. The van der Waals surface area contributed by atoms with Crippen LogP contribution in [0.25, 0.3) is 0 Å². The summed E-state index contributed by atoms with van der Waals surface area (Å²) in [6.45, 7) is 14.8. The van der Waals surface area contributed by atoms with Crippen molar-refractivity contribution in [2.24, 2.45) is 5.92 Å². The number of amides is 1. The number of rotatable bonds is 12. The van der Waals surface area contributed by atoms with E-state index in [-0.39, 0.29) is 23.9 Å². The second kappa shape index (κ2) is 11.8. The van der Waals surface area contributed by atoms with Crippen LogP contribution in [0.5, 0.6) is 0 Å². The molecule has 0 aromatic heterocycles. The predicted molar refractivity (Wildman–Crippen MR) is 119 cm³/mol. The molecule has 1 atom stereocenters. The Morgan fingerprint density at radius 3 is 2.10 bits per heavy atom. The van der Waals surface area contributed by atoms with Gasteiger partial charge in [0.2, 0.25) is 5.91 Å². The molecule has 0 heterocycles. The van der Waals surface area contributed by atoms with Gasteiger partial charge in [0.25, 0.3) is 0 Å². The highest BCUT2D eigenvalue weighted by atomic mass is 31.2. The van der Waals surface area contributed by atoms with Crippen LogP contribution in [0.3, 0.4) is 0 Å². The Morgan fingerprint density at radius 1 is 1.10 bits per heavy atom. The fraction of sp³-hybridized carbons (Fsp3) is 0.682.